The smallest absolute Gasteiger partial charge is 0.133 e. The second-order valence-electron chi connectivity index (χ2n) is 9.59. The van der Waals surface area contributed by atoms with E-state index in [1.807, 2.05) is 12.1 Å². The van der Waals surface area contributed by atoms with Crippen LogP contribution >= 0.6 is 0 Å². The fourth-order valence-electron chi connectivity index (χ4n) is 5.27. The Morgan fingerprint density at radius 1 is 1.06 bits per heavy atom. The topological polar surface area (TPSA) is 81.4 Å². The van der Waals surface area contributed by atoms with Crippen molar-refractivity contribution in [3.8, 4) is 33.6 Å². The largest absolute Gasteiger partial charge is 0.344 e. The summed E-state index contributed by atoms with van der Waals surface area (Å²) in [5.41, 5.74) is 7.91. The molecule has 2 aliphatic rings. The van der Waals surface area contributed by atoms with Crippen molar-refractivity contribution in [2.45, 2.75) is 51.6 Å². The summed E-state index contributed by atoms with van der Waals surface area (Å²) in [6.45, 7) is 4.77. The number of benzene rings is 2. The monoisotopic (exact) mass is 470 g/mol. The van der Waals surface area contributed by atoms with Gasteiger partial charge in [-0.1, -0.05) is 31.2 Å². The molecule has 1 saturated heterocycles. The van der Waals surface area contributed by atoms with Crippen molar-refractivity contribution in [1.82, 2.24) is 30.6 Å². The van der Waals surface area contributed by atoms with Crippen molar-refractivity contribution >= 4 is 0 Å². The molecule has 2 aromatic carbocycles. The number of halogens is 1. The first-order chi connectivity index (χ1) is 17.2. The number of fused-ring (bicyclic) bond motifs is 3. The molecule has 0 radical (unpaired) electrons. The van der Waals surface area contributed by atoms with E-state index in [1.54, 1.807) is 12.3 Å². The van der Waals surface area contributed by atoms with Crippen LogP contribution in [0.2, 0.25) is 0 Å². The summed E-state index contributed by atoms with van der Waals surface area (Å²) in [7, 11) is 0. The fraction of sp³-hybridized carbons (Fsp3) is 0.357. The van der Waals surface area contributed by atoms with Gasteiger partial charge in [-0.2, -0.15) is 0 Å². The number of hydrogen-bond acceptors (Lipinski definition) is 4. The van der Waals surface area contributed by atoms with Crippen LogP contribution in [0.1, 0.15) is 55.1 Å². The number of aromatic nitrogens is 4. The van der Waals surface area contributed by atoms with Gasteiger partial charge >= 0.3 is 0 Å². The molecule has 1 atom stereocenters. The minimum Gasteiger partial charge on any atom is -0.344 e. The second kappa shape index (κ2) is 9.40. The summed E-state index contributed by atoms with van der Waals surface area (Å²) in [5, 5.41) is 6.84. The van der Waals surface area contributed by atoms with Gasteiger partial charge in [0.05, 0.1) is 30.2 Å². The van der Waals surface area contributed by atoms with Crippen molar-refractivity contribution in [3.05, 3.63) is 71.3 Å². The number of aryl methyl sites for hydroxylation is 2. The number of nitrogens with zero attached hydrogens (tertiary/aromatic N) is 2. The van der Waals surface area contributed by atoms with E-state index in [0.29, 0.717) is 23.8 Å². The van der Waals surface area contributed by atoms with Gasteiger partial charge in [-0.05, 0) is 74.0 Å². The Morgan fingerprint density at radius 3 is 2.71 bits per heavy atom. The Kier molecular flexibility index (Phi) is 5.96. The van der Waals surface area contributed by atoms with Gasteiger partial charge in [0.2, 0.25) is 0 Å². The number of hydrogen-bond donors (Lipinski definition) is 4. The molecular weight excluding hydrogens is 439 g/mol. The summed E-state index contributed by atoms with van der Waals surface area (Å²) in [6.07, 6.45) is 7.01. The van der Waals surface area contributed by atoms with Gasteiger partial charge < -0.3 is 20.6 Å². The molecule has 0 spiro atoms. The first-order valence-electron chi connectivity index (χ1n) is 12.7. The maximum absolute atomic E-state index is 15.1. The molecule has 7 heteroatoms. The molecule has 1 fully saturated rings. The SMILES string of the molecule is CCCNCc1ncc(-c2ccc(-c3ccc4c(c3)CCc3[nH]c([C@@H]5CCCN5)nc3-4)cc2F)[nH]1. The highest BCUT2D eigenvalue weighted by atomic mass is 19.1. The lowest BCUT2D eigenvalue weighted by atomic mass is 9.89. The molecule has 0 saturated carbocycles. The highest BCUT2D eigenvalue weighted by Gasteiger charge is 2.25. The van der Waals surface area contributed by atoms with E-state index in [9.17, 15) is 0 Å². The average molecular weight is 471 g/mol. The minimum absolute atomic E-state index is 0.250. The fourth-order valence-corrected chi connectivity index (χ4v) is 5.27. The molecule has 1 aliphatic carbocycles. The maximum Gasteiger partial charge on any atom is 0.133 e. The van der Waals surface area contributed by atoms with Crippen LogP contribution < -0.4 is 10.6 Å². The molecule has 0 bridgehead atoms. The molecule has 4 N–H and O–H groups in total. The summed E-state index contributed by atoms with van der Waals surface area (Å²) < 4.78 is 15.1. The molecule has 35 heavy (non-hydrogen) atoms. The van der Waals surface area contributed by atoms with Crippen LogP contribution in [0.25, 0.3) is 33.6 Å². The lowest BCUT2D eigenvalue weighted by Crippen LogP contribution is -2.14. The van der Waals surface area contributed by atoms with Gasteiger partial charge in [0.1, 0.15) is 17.5 Å². The molecule has 2 aromatic heterocycles. The number of H-pyrrole nitrogens is 2. The molecule has 0 unspecified atom stereocenters. The van der Waals surface area contributed by atoms with Crippen LogP contribution in [-0.4, -0.2) is 33.0 Å². The predicted molar refractivity (Wildman–Crippen MR) is 136 cm³/mol. The van der Waals surface area contributed by atoms with Crippen LogP contribution in [0.5, 0.6) is 0 Å². The highest BCUT2D eigenvalue weighted by Crippen LogP contribution is 2.37. The van der Waals surface area contributed by atoms with Crippen LogP contribution in [0.3, 0.4) is 0 Å². The lowest BCUT2D eigenvalue weighted by Gasteiger charge is -2.16. The molecule has 0 amide bonds. The van der Waals surface area contributed by atoms with E-state index < -0.39 is 0 Å². The predicted octanol–water partition coefficient (Wildman–Crippen LogP) is 5.30. The van der Waals surface area contributed by atoms with E-state index >= 15 is 4.39 Å². The summed E-state index contributed by atoms with van der Waals surface area (Å²) >= 11 is 0. The zero-order valence-electron chi connectivity index (χ0n) is 20.0. The molecule has 3 heterocycles. The van der Waals surface area contributed by atoms with E-state index in [-0.39, 0.29) is 5.82 Å². The van der Waals surface area contributed by atoms with Crippen molar-refractivity contribution in [1.29, 1.82) is 0 Å². The standard InChI is InChI=1S/C28H31FN6/c1-2-11-30-16-26-32-15-25(33-26)21-9-6-18(14-22(21)29)17-5-8-20-19(13-17)7-10-23-27(20)35-28(34-23)24-4-3-12-31-24/h5-6,8-9,13-15,24,30-31H,2-4,7,10-12,16H2,1H3,(H,32,33)(H,34,35)/t24-/m0/s1. The zero-order valence-corrected chi connectivity index (χ0v) is 20.0. The van der Waals surface area contributed by atoms with Crippen LogP contribution in [-0.2, 0) is 19.4 Å². The van der Waals surface area contributed by atoms with Crippen molar-refractivity contribution < 1.29 is 4.39 Å². The first-order valence-corrected chi connectivity index (χ1v) is 12.7. The Hall–Kier alpha value is -3.29. The maximum atomic E-state index is 15.1. The highest BCUT2D eigenvalue weighted by molar-refractivity contribution is 5.76. The molecule has 4 aromatic rings. The van der Waals surface area contributed by atoms with E-state index in [4.69, 9.17) is 4.98 Å². The Morgan fingerprint density at radius 2 is 1.91 bits per heavy atom. The van der Waals surface area contributed by atoms with Gasteiger partial charge in [0.15, 0.2) is 0 Å². The van der Waals surface area contributed by atoms with Crippen molar-refractivity contribution in [3.63, 3.8) is 0 Å². The Labute approximate surface area is 204 Å². The third-order valence-electron chi connectivity index (χ3n) is 7.13. The van der Waals surface area contributed by atoms with Gasteiger partial charge in [-0.15, -0.1) is 0 Å². The van der Waals surface area contributed by atoms with E-state index in [1.165, 1.54) is 23.2 Å². The van der Waals surface area contributed by atoms with Gasteiger partial charge in [-0.25, -0.2) is 14.4 Å². The molecular formula is C28H31FN6. The number of rotatable bonds is 7. The number of imidazole rings is 2. The average Bonchev–Trinajstić information content (AvgIpc) is 3.64. The van der Waals surface area contributed by atoms with Crippen LogP contribution in [0.15, 0.2) is 42.6 Å². The Balaban J connectivity index is 1.24. The quantitative estimate of drug-likeness (QED) is 0.277. The van der Waals surface area contributed by atoms with E-state index in [0.717, 1.165) is 67.2 Å². The van der Waals surface area contributed by atoms with Gasteiger partial charge in [0.25, 0.3) is 0 Å². The van der Waals surface area contributed by atoms with E-state index in [2.05, 4.69) is 50.7 Å². The summed E-state index contributed by atoms with van der Waals surface area (Å²) in [4.78, 5) is 16.2. The first kappa shape index (κ1) is 22.2. The molecule has 6 rings (SSSR count). The van der Waals surface area contributed by atoms with Gasteiger partial charge in [-0.3, -0.25) is 0 Å². The molecule has 180 valence electrons. The summed E-state index contributed by atoms with van der Waals surface area (Å²) in [6, 6.07) is 12.2. The third-order valence-corrected chi connectivity index (χ3v) is 7.13. The number of nitrogens with one attached hydrogen (secondary N) is 4. The zero-order chi connectivity index (χ0) is 23.8. The third kappa shape index (κ3) is 4.30. The van der Waals surface area contributed by atoms with Crippen molar-refractivity contribution in [2.24, 2.45) is 0 Å². The normalized spacial score (nSPS) is 16.9. The molecule has 6 nitrogen and oxygen atoms in total. The van der Waals surface area contributed by atoms with Crippen molar-refractivity contribution in [2.75, 3.05) is 13.1 Å². The second-order valence-corrected chi connectivity index (χ2v) is 9.59. The van der Waals surface area contributed by atoms with Gasteiger partial charge in [0, 0.05) is 16.8 Å². The number of aromatic amines is 2. The Bertz CT molecular complexity index is 1350. The summed E-state index contributed by atoms with van der Waals surface area (Å²) in [5.74, 6) is 1.63. The van der Waals surface area contributed by atoms with Crippen LogP contribution in [0.4, 0.5) is 4.39 Å². The molecule has 1 aliphatic heterocycles. The minimum atomic E-state index is -0.250. The van der Waals surface area contributed by atoms with Crippen LogP contribution in [0, 0.1) is 5.82 Å². The lowest BCUT2D eigenvalue weighted by molar-refractivity contribution is 0.611.